The second-order valence-electron chi connectivity index (χ2n) is 2.50. The van der Waals surface area contributed by atoms with Gasteiger partial charge in [0, 0.05) is 15.1 Å². The van der Waals surface area contributed by atoms with E-state index in [1.165, 1.54) is 11.3 Å². The van der Waals surface area contributed by atoms with E-state index in [-0.39, 0.29) is 0 Å². The zero-order valence-corrected chi connectivity index (χ0v) is 10.2. The van der Waals surface area contributed by atoms with Crippen LogP contribution in [0.5, 0.6) is 0 Å². The number of anilines is 1. The van der Waals surface area contributed by atoms with Gasteiger partial charge in [0.25, 0.3) is 0 Å². The first kappa shape index (κ1) is 9.95. The van der Waals surface area contributed by atoms with Crippen LogP contribution in [0.15, 0.2) is 37.4 Å². The zero-order chi connectivity index (χ0) is 9.97. The molecule has 0 radical (unpaired) electrons. The number of halogens is 1. The molecule has 1 heterocycles. The van der Waals surface area contributed by atoms with Crippen molar-refractivity contribution in [2.75, 3.05) is 5.73 Å². The molecule has 72 valence electrons. The van der Waals surface area contributed by atoms with E-state index in [4.69, 9.17) is 5.73 Å². The minimum absolute atomic E-state index is 0.749. The van der Waals surface area contributed by atoms with Gasteiger partial charge >= 0.3 is 0 Å². The maximum absolute atomic E-state index is 5.64. The minimum Gasteiger partial charge on any atom is -0.399 e. The highest BCUT2D eigenvalue weighted by atomic mass is 79.9. The van der Waals surface area contributed by atoms with E-state index in [0.717, 1.165) is 19.4 Å². The Morgan fingerprint density at radius 2 is 2.29 bits per heavy atom. The van der Waals surface area contributed by atoms with Crippen LogP contribution < -0.4 is 5.73 Å². The molecule has 1 aromatic heterocycles. The SMILES string of the molecule is Nc1ccc(Sc2nncs2)c(Br)c1. The summed E-state index contributed by atoms with van der Waals surface area (Å²) in [5.74, 6) is 0. The molecule has 0 aliphatic rings. The normalized spacial score (nSPS) is 10.4. The molecule has 14 heavy (non-hydrogen) atoms. The Morgan fingerprint density at radius 3 is 2.93 bits per heavy atom. The Bertz CT molecular complexity index is 430. The molecule has 0 saturated carbocycles. The van der Waals surface area contributed by atoms with Crippen LogP contribution in [0, 0.1) is 0 Å². The van der Waals surface area contributed by atoms with E-state index in [9.17, 15) is 0 Å². The molecule has 0 amide bonds. The average molecular weight is 288 g/mol. The molecule has 0 bridgehead atoms. The number of hydrogen-bond acceptors (Lipinski definition) is 5. The fourth-order valence-corrected chi connectivity index (χ4v) is 2.98. The van der Waals surface area contributed by atoms with E-state index in [1.807, 2.05) is 18.2 Å². The van der Waals surface area contributed by atoms with Gasteiger partial charge in [-0.1, -0.05) is 23.1 Å². The van der Waals surface area contributed by atoms with Gasteiger partial charge in [-0.3, -0.25) is 0 Å². The second kappa shape index (κ2) is 4.29. The molecule has 3 nitrogen and oxygen atoms in total. The van der Waals surface area contributed by atoms with Crippen LogP contribution in [0.1, 0.15) is 0 Å². The molecule has 2 rings (SSSR count). The number of nitrogens with zero attached hydrogens (tertiary/aromatic N) is 2. The Balaban J connectivity index is 2.25. The van der Waals surface area contributed by atoms with Gasteiger partial charge in [-0.2, -0.15) is 0 Å². The summed E-state index contributed by atoms with van der Waals surface area (Å²) in [6.45, 7) is 0. The van der Waals surface area contributed by atoms with Gasteiger partial charge < -0.3 is 5.73 Å². The predicted octanol–water partition coefficient (Wildman–Crippen LogP) is 3.03. The van der Waals surface area contributed by atoms with Gasteiger partial charge in [-0.15, -0.1) is 10.2 Å². The largest absolute Gasteiger partial charge is 0.399 e. The quantitative estimate of drug-likeness (QED) is 0.863. The highest BCUT2D eigenvalue weighted by molar-refractivity contribution is 9.10. The minimum atomic E-state index is 0.749. The van der Waals surface area contributed by atoms with Crippen molar-refractivity contribution in [1.29, 1.82) is 0 Å². The first-order valence-electron chi connectivity index (χ1n) is 3.75. The van der Waals surface area contributed by atoms with E-state index in [2.05, 4.69) is 26.1 Å². The fourth-order valence-electron chi connectivity index (χ4n) is 0.901. The maximum Gasteiger partial charge on any atom is 0.178 e. The average Bonchev–Trinajstić information content (AvgIpc) is 2.62. The van der Waals surface area contributed by atoms with Gasteiger partial charge in [0.15, 0.2) is 4.34 Å². The Labute approximate surface area is 97.9 Å². The van der Waals surface area contributed by atoms with Crippen LogP contribution in [-0.2, 0) is 0 Å². The van der Waals surface area contributed by atoms with Crippen LogP contribution >= 0.6 is 39.0 Å². The number of nitrogen functional groups attached to an aromatic ring is 1. The Hall–Kier alpha value is -0.590. The van der Waals surface area contributed by atoms with Crippen molar-refractivity contribution >= 4 is 44.7 Å². The summed E-state index contributed by atoms with van der Waals surface area (Å²) in [7, 11) is 0. The lowest BCUT2D eigenvalue weighted by atomic mass is 10.3. The first-order chi connectivity index (χ1) is 6.75. The topological polar surface area (TPSA) is 51.8 Å². The van der Waals surface area contributed by atoms with Crippen molar-refractivity contribution < 1.29 is 0 Å². The van der Waals surface area contributed by atoms with Crippen molar-refractivity contribution in [1.82, 2.24) is 10.2 Å². The lowest BCUT2D eigenvalue weighted by Gasteiger charge is -2.01. The number of nitrogens with two attached hydrogens (primary N) is 1. The lowest BCUT2D eigenvalue weighted by molar-refractivity contribution is 1.01. The summed E-state index contributed by atoms with van der Waals surface area (Å²) in [5, 5.41) is 7.73. The smallest absolute Gasteiger partial charge is 0.178 e. The summed E-state index contributed by atoms with van der Waals surface area (Å²) >= 11 is 6.54. The van der Waals surface area contributed by atoms with Crippen LogP contribution in [0.25, 0.3) is 0 Å². The van der Waals surface area contributed by atoms with Gasteiger partial charge in [0.2, 0.25) is 0 Å². The van der Waals surface area contributed by atoms with Crippen LogP contribution in [0.2, 0.25) is 0 Å². The number of aromatic nitrogens is 2. The monoisotopic (exact) mass is 287 g/mol. The third-order valence-corrected chi connectivity index (χ3v) is 4.27. The molecule has 1 aromatic carbocycles. The molecule has 0 atom stereocenters. The van der Waals surface area contributed by atoms with E-state index >= 15 is 0 Å². The third kappa shape index (κ3) is 2.26. The van der Waals surface area contributed by atoms with Gasteiger partial charge in [0.05, 0.1) is 0 Å². The van der Waals surface area contributed by atoms with Crippen LogP contribution in [0.3, 0.4) is 0 Å². The molecule has 6 heteroatoms. The first-order valence-corrected chi connectivity index (χ1v) is 6.23. The van der Waals surface area contributed by atoms with Crippen molar-refractivity contribution in [2.45, 2.75) is 9.24 Å². The number of hydrogen-bond donors (Lipinski definition) is 1. The zero-order valence-electron chi connectivity index (χ0n) is 6.98. The van der Waals surface area contributed by atoms with Gasteiger partial charge in [-0.05, 0) is 34.1 Å². The van der Waals surface area contributed by atoms with E-state index in [0.29, 0.717) is 0 Å². The number of rotatable bonds is 2. The van der Waals surface area contributed by atoms with Crippen molar-refractivity contribution in [3.63, 3.8) is 0 Å². The molecule has 2 aromatic rings. The maximum atomic E-state index is 5.64. The molecule has 0 fully saturated rings. The second-order valence-corrected chi connectivity index (χ2v) is 5.47. The molecule has 0 aliphatic heterocycles. The molecule has 2 N–H and O–H groups in total. The summed E-state index contributed by atoms with van der Waals surface area (Å²) in [4.78, 5) is 1.09. The van der Waals surface area contributed by atoms with Gasteiger partial charge in [0.1, 0.15) is 5.51 Å². The van der Waals surface area contributed by atoms with Crippen molar-refractivity contribution in [3.05, 3.63) is 28.2 Å². The fraction of sp³-hybridized carbons (Fsp3) is 0. The lowest BCUT2D eigenvalue weighted by Crippen LogP contribution is -1.84. The van der Waals surface area contributed by atoms with Crippen LogP contribution in [0.4, 0.5) is 5.69 Å². The van der Waals surface area contributed by atoms with E-state index in [1.54, 1.807) is 17.3 Å². The molecular formula is C8H6BrN3S2. The molecule has 0 unspecified atom stereocenters. The summed E-state index contributed by atoms with van der Waals surface area (Å²) in [6.07, 6.45) is 0. The highest BCUT2D eigenvalue weighted by Crippen LogP contribution is 2.34. The van der Waals surface area contributed by atoms with Crippen LogP contribution in [-0.4, -0.2) is 10.2 Å². The van der Waals surface area contributed by atoms with Crippen molar-refractivity contribution in [3.8, 4) is 0 Å². The Morgan fingerprint density at radius 1 is 1.43 bits per heavy atom. The van der Waals surface area contributed by atoms with Crippen molar-refractivity contribution in [2.24, 2.45) is 0 Å². The molecule has 0 saturated heterocycles. The summed E-state index contributed by atoms with van der Waals surface area (Å²) in [6, 6.07) is 5.71. The molecule has 0 aliphatic carbocycles. The van der Waals surface area contributed by atoms with E-state index < -0.39 is 0 Å². The Kier molecular flexibility index (Phi) is 3.05. The summed E-state index contributed by atoms with van der Waals surface area (Å²) in [5.41, 5.74) is 8.10. The molecule has 0 spiro atoms. The predicted molar refractivity (Wildman–Crippen MR) is 62.6 cm³/mol. The number of benzene rings is 1. The third-order valence-electron chi connectivity index (χ3n) is 1.49. The van der Waals surface area contributed by atoms with Gasteiger partial charge in [-0.25, -0.2) is 0 Å². The highest BCUT2D eigenvalue weighted by Gasteiger charge is 2.04. The standard InChI is InChI=1S/C8H6BrN3S2/c9-6-3-5(10)1-2-7(6)14-8-12-11-4-13-8/h1-4H,10H2. The molecular weight excluding hydrogens is 282 g/mol. The summed E-state index contributed by atoms with van der Waals surface area (Å²) < 4.78 is 1.91.